The lowest BCUT2D eigenvalue weighted by Crippen LogP contribution is -2.46. The molecule has 1 N–H and O–H groups in total. The van der Waals surface area contributed by atoms with Gasteiger partial charge in [0.2, 0.25) is 5.91 Å². The van der Waals surface area contributed by atoms with Crippen LogP contribution in [0.5, 0.6) is 0 Å². The molecule has 0 spiro atoms. The second-order valence-corrected chi connectivity index (χ2v) is 6.87. The fourth-order valence-corrected chi connectivity index (χ4v) is 3.65. The number of halogens is 1. The van der Waals surface area contributed by atoms with E-state index < -0.39 is 6.04 Å². The largest absolute Gasteiger partial charge is 0.379 e. The Morgan fingerprint density at radius 1 is 1.18 bits per heavy atom. The van der Waals surface area contributed by atoms with Crippen LogP contribution in [0.3, 0.4) is 0 Å². The number of imidazole rings is 1. The van der Waals surface area contributed by atoms with Gasteiger partial charge in [-0.05, 0) is 18.2 Å². The molecule has 0 saturated carbocycles. The minimum atomic E-state index is -0.695. The van der Waals surface area contributed by atoms with Crippen LogP contribution in [0.2, 0.25) is 0 Å². The van der Waals surface area contributed by atoms with Gasteiger partial charge in [0.15, 0.2) is 0 Å². The number of hydrogen-bond acceptors (Lipinski definition) is 4. The summed E-state index contributed by atoms with van der Waals surface area (Å²) in [7, 11) is 1.92. The summed E-state index contributed by atoms with van der Waals surface area (Å²) < 4.78 is 21.8. The zero-order chi connectivity index (χ0) is 19.5. The van der Waals surface area contributed by atoms with Crippen LogP contribution in [-0.4, -0.2) is 46.7 Å². The van der Waals surface area contributed by atoms with E-state index in [2.05, 4.69) is 10.3 Å². The molecule has 0 bridgehead atoms. The van der Waals surface area contributed by atoms with Crippen molar-refractivity contribution in [2.45, 2.75) is 12.6 Å². The van der Waals surface area contributed by atoms with E-state index in [1.807, 2.05) is 40.8 Å². The Labute approximate surface area is 162 Å². The standard InChI is InChI=1S/C21H23FN4O2/c1-25-18-9-5-4-8-17(18)24-19(25)14-23-21(27)20(26-10-12-28-13-11-26)15-6-2-3-7-16(15)22/h2-9,20H,10-14H2,1H3,(H,23,27)/t20-/m1/s1. The van der Waals surface area contributed by atoms with Crippen LogP contribution in [0.15, 0.2) is 48.5 Å². The summed E-state index contributed by atoms with van der Waals surface area (Å²) in [5, 5.41) is 2.95. The van der Waals surface area contributed by atoms with Crippen LogP contribution in [0.25, 0.3) is 11.0 Å². The van der Waals surface area contributed by atoms with E-state index in [0.717, 1.165) is 16.9 Å². The van der Waals surface area contributed by atoms with Crippen molar-refractivity contribution in [3.8, 4) is 0 Å². The average molecular weight is 382 g/mol. The molecule has 0 unspecified atom stereocenters. The Kier molecular flexibility index (Phi) is 5.36. The molecule has 146 valence electrons. The molecule has 0 aliphatic carbocycles. The zero-order valence-corrected chi connectivity index (χ0v) is 15.8. The van der Waals surface area contributed by atoms with Gasteiger partial charge in [-0.1, -0.05) is 30.3 Å². The molecule has 1 saturated heterocycles. The maximum Gasteiger partial charge on any atom is 0.242 e. The molecule has 1 aliphatic rings. The molecule has 2 aromatic carbocycles. The second kappa shape index (κ2) is 8.08. The summed E-state index contributed by atoms with van der Waals surface area (Å²) in [6.07, 6.45) is 0. The minimum Gasteiger partial charge on any atom is -0.379 e. The number of ether oxygens (including phenoxy) is 1. The first-order chi connectivity index (χ1) is 13.6. The molecule has 1 amide bonds. The summed E-state index contributed by atoms with van der Waals surface area (Å²) in [4.78, 5) is 19.6. The van der Waals surface area contributed by atoms with Gasteiger partial charge in [-0.25, -0.2) is 9.37 Å². The third-order valence-electron chi connectivity index (χ3n) is 5.16. The first kappa shape index (κ1) is 18.6. The minimum absolute atomic E-state index is 0.237. The van der Waals surface area contributed by atoms with Crippen molar-refractivity contribution in [3.05, 3.63) is 65.7 Å². The molecule has 1 atom stereocenters. The van der Waals surface area contributed by atoms with Gasteiger partial charge in [0.25, 0.3) is 0 Å². The van der Waals surface area contributed by atoms with Gasteiger partial charge in [0, 0.05) is 25.7 Å². The van der Waals surface area contributed by atoms with E-state index in [1.165, 1.54) is 6.07 Å². The highest BCUT2D eigenvalue weighted by Gasteiger charge is 2.31. The van der Waals surface area contributed by atoms with Gasteiger partial charge in [-0.15, -0.1) is 0 Å². The number of nitrogens with zero attached hydrogens (tertiary/aromatic N) is 3. The maximum atomic E-state index is 14.5. The quantitative estimate of drug-likeness (QED) is 0.736. The number of fused-ring (bicyclic) bond motifs is 1. The first-order valence-corrected chi connectivity index (χ1v) is 9.39. The van der Waals surface area contributed by atoms with E-state index in [1.54, 1.807) is 18.2 Å². The van der Waals surface area contributed by atoms with E-state index in [4.69, 9.17) is 4.74 Å². The van der Waals surface area contributed by atoms with Crippen LogP contribution in [0.4, 0.5) is 4.39 Å². The van der Waals surface area contributed by atoms with Gasteiger partial charge in [-0.3, -0.25) is 9.69 Å². The Hall–Kier alpha value is -2.77. The van der Waals surface area contributed by atoms with Crippen LogP contribution >= 0.6 is 0 Å². The number of amides is 1. The van der Waals surface area contributed by atoms with E-state index in [-0.39, 0.29) is 18.3 Å². The third-order valence-corrected chi connectivity index (χ3v) is 5.16. The lowest BCUT2D eigenvalue weighted by molar-refractivity contribution is -0.128. The summed E-state index contributed by atoms with van der Waals surface area (Å²) in [5.41, 5.74) is 2.27. The number of benzene rings is 2. The molecule has 28 heavy (non-hydrogen) atoms. The van der Waals surface area contributed by atoms with Gasteiger partial charge in [0.1, 0.15) is 17.7 Å². The van der Waals surface area contributed by atoms with Crippen LogP contribution in [0.1, 0.15) is 17.4 Å². The highest BCUT2D eigenvalue weighted by molar-refractivity contribution is 5.83. The monoisotopic (exact) mass is 382 g/mol. The van der Waals surface area contributed by atoms with Crippen LogP contribution < -0.4 is 5.32 Å². The normalized spacial score (nSPS) is 16.2. The van der Waals surface area contributed by atoms with E-state index in [9.17, 15) is 9.18 Å². The lowest BCUT2D eigenvalue weighted by atomic mass is 10.0. The van der Waals surface area contributed by atoms with Gasteiger partial charge < -0.3 is 14.6 Å². The third kappa shape index (κ3) is 3.63. The molecule has 6 nitrogen and oxygen atoms in total. The first-order valence-electron chi connectivity index (χ1n) is 9.39. The molecule has 0 radical (unpaired) electrons. The molecule has 2 heterocycles. The predicted molar refractivity (Wildman–Crippen MR) is 104 cm³/mol. The maximum absolute atomic E-state index is 14.5. The molecular formula is C21H23FN4O2. The van der Waals surface area contributed by atoms with Crippen LogP contribution in [0, 0.1) is 5.82 Å². The highest BCUT2D eigenvalue weighted by Crippen LogP contribution is 2.25. The lowest BCUT2D eigenvalue weighted by Gasteiger charge is -2.33. The summed E-state index contributed by atoms with van der Waals surface area (Å²) >= 11 is 0. The fraction of sp³-hybridized carbons (Fsp3) is 0.333. The van der Waals surface area contributed by atoms with Crippen molar-refractivity contribution in [1.29, 1.82) is 0 Å². The SMILES string of the molecule is Cn1c(CNC(=O)[C@@H](c2ccccc2F)N2CCOCC2)nc2ccccc21. The van der Waals surface area contributed by atoms with Gasteiger partial charge in [-0.2, -0.15) is 0 Å². The number of aromatic nitrogens is 2. The van der Waals surface area contributed by atoms with Crippen molar-refractivity contribution < 1.29 is 13.9 Å². The zero-order valence-electron chi connectivity index (χ0n) is 15.8. The van der Waals surface area contributed by atoms with Gasteiger partial charge in [0.05, 0.1) is 30.8 Å². The summed E-state index contributed by atoms with van der Waals surface area (Å²) in [6, 6.07) is 13.6. The summed E-state index contributed by atoms with van der Waals surface area (Å²) in [5.74, 6) is 0.139. The molecule has 1 aliphatic heterocycles. The average Bonchev–Trinajstić information content (AvgIpc) is 3.05. The number of nitrogens with one attached hydrogen (secondary N) is 1. The molecule has 3 aromatic rings. The smallest absolute Gasteiger partial charge is 0.242 e. The number of para-hydroxylation sites is 2. The van der Waals surface area contributed by atoms with Crippen molar-refractivity contribution in [2.75, 3.05) is 26.3 Å². The number of aryl methyl sites for hydroxylation is 1. The Morgan fingerprint density at radius 2 is 1.89 bits per heavy atom. The van der Waals surface area contributed by atoms with Gasteiger partial charge >= 0.3 is 0 Å². The Bertz CT molecular complexity index is 981. The molecule has 1 fully saturated rings. The second-order valence-electron chi connectivity index (χ2n) is 6.87. The summed E-state index contributed by atoms with van der Waals surface area (Å²) in [6.45, 7) is 2.50. The van der Waals surface area contributed by atoms with Crippen LogP contribution in [-0.2, 0) is 23.1 Å². The number of hydrogen-bond donors (Lipinski definition) is 1. The topological polar surface area (TPSA) is 59.4 Å². The Morgan fingerprint density at radius 3 is 2.64 bits per heavy atom. The van der Waals surface area contributed by atoms with E-state index in [0.29, 0.717) is 31.9 Å². The Balaban J connectivity index is 1.56. The van der Waals surface area contributed by atoms with E-state index >= 15 is 0 Å². The number of morpholine rings is 1. The molecule has 1 aromatic heterocycles. The van der Waals surface area contributed by atoms with Crippen molar-refractivity contribution in [2.24, 2.45) is 7.05 Å². The van der Waals surface area contributed by atoms with Crippen molar-refractivity contribution >= 4 is 16.9 Å². The number of carbonyl (C=O) groups excluding carboxylic acids is 1. The van der Waals surface area contributed by atoms with Crippen molar-refractivity contribution in [3.63, 3.8) is 0 Å². The molecular weight excluding hydrogens is 359 g/mol. The predicted octanol–water partition coefficient (Wildman–Crippen LogP) is 2.40. The number of carbonyl (C=O) groups is 1. The molecule has 4 rings (SSSR count). The molecule has 7 heteroatoms. The number of rotatable bonds is 5. The van der Waals surface area contributed by atoms with Crippen molar-refractivity contribution in [1.82, 2.24) is 19.8 Å². The highest BCUT2D eigenvalue weighted by atomic mass is 19.1. The fourth-order valence-electron chi connectivity index (χ4n) is 3.65.